The average molecular weight is 499 g/mol. The lowest BCUT2D eigenvalue weighted by molar-refractivity contribution is -0.149. The molecule has 0 aliphatic carbocycles. The first-order chi connectivity index (χ1) is 15.0. The minimum absolute atomic E-state index is 0.0451. The van der Waals surface area contributed by atoms with Crippen molar-refractivity contribution in [3.8, 4) is 0 Å². The maximum Gasteiger partial charge on any atom is 0.330 e. The van der Waals surface area contributed by atoms with Crippen LogP contribution >= 0.6 is 0 Å². The Kier molecular flexibility index (Phi) is 26.2. The van der Waals surface area contributed by atoms with Crippen molar-refractivity contribution < 1.29 is 55.2 Å². The fourth-order valence-electron chi connectivity index (χ4n) is 0.168. The van der Waals surface area contributed by atoms with Crippen LogP contribution in [0.15, 0.2) is 24.3 Å². The summed E-state index contributed by atoms with van der Waals surface area (Å²) in [4.78, 5) is 29.3. The van der Waals surface area contributed by atoms with Crippen molar-refractivity contribution in [2.75, 3.05) is 33.0 Å². The van der Waals surface area contributed by atoms with Crippen LogP contribution in [0.4, 0.5) is 0 Å². The van der Waals surface area contributed by atoms with Gasteiger partial charge in [-0.15, -0.1) is 0 Å². The number of carboxylic acids is 3. The molecule has 0 atom stereocenters. The van der Waals surface area contributed by atoms with E-state index in [2.05, 4.69) is 13.2 Å². The summed E-state index contributed by atoms with van der Waals surface area (Å²) in [6, 6.07) is 0. The first-order valence-electron chi connectivity index (χ1n) is 10.1. The van der Waals surface area contributed by atoms with Gasteiger partial charge in [0, 0.05) is 22.0 Å². The predicted octanol–water partition coefficient (Wildman–Crippen LogP) is 1.38. The van der Waals surface area contributed by atoms with Crippen molar-refractivity contribution in [3.05, 3.63) is 24.3 Å². The topological polar surface area (TPSA) is 213 Å². The number of carbonyl (C=O) groups is 3. The summed E-state index contributed by atoms with van der Waals surface area (Å²) >= 11 is 0. The summed E-state index contributed by atoms with van der Waals surface area (Å²) in [6.45, 7) is 19.2. The molecule has 0 bridgehead atoms. The number of aliphatic carboxylic acids is 3. The molecule has 0 saturated heterocycles. The van der Waals surface area contributed by atoms with Gasteiger partial charge in [0.15, 0.2) is 0 Å². The molecule has 0 aromatic rings. The molecule has 0 radical (unpaired) electrons. The van der Waals surface area contributed by atoms with Gasteiger partial charge in [-0.05, 0) is 27.7 Å². The molecule has 0 aromatic carbocycles. The third kappa shape index (κ3) is 34.3. The molecule has 8 N–H and O–H groups in total. The second-order valence-electron chi connectivity index (χ2n) is 9.48. The van der Waals surface area contributed by atoms with Crippen molar-refractivity contribution in [3.63, 3.8) is 0 Å². The van der Waals surface area contributed by atoms with Gasteiger partial charge in [-0.1, -0.05) is 40.9 Å². The molecule has 0 spiro atoms. The monoisotopic (exact) mass is 498 g/mol. The second-order valence-corrected chi connectivity index (χ2v) is 9.48. The Morgan fingerprint density at radius 1 is 0.559 bits per heavy atom. The van der Waals surface area contributed by atoms with Crippen LogP contribution in [0.3, 0.4) is 0 Å². The number of rotatable bonds is 8. The van der Waals surface area contributed by atoms with Gasteiger partial charge in [0.25, 0.3) is 0 Å². The Morgan fingerprint density at radius 3 is 0.735 bits per heavy atom. The fraction of sp³-hybridized carbons (Fsp3) is 0.696. The maximum absolute atomic E-state index is 10.1. The first-order valence-corrected chi connectivity index (χ1v) is 10.1. The lowest BCUT2D eigenvalue weighted by Gasteiger charge is -2.16. The molecule has 0 fully saturated rings. The molecular weight excluding hydrogens is 452 g/mol. The van der Waals surface area contributed by atoms with E-state index in [0.29, 0.717) is 0 Å². The lowest BCUT2D eigenvalue weighted by atomic mass is 9.96. The second kappa shape index (κ2) is 21.2. The summed E-state index contributed by atoms with van der Waals surface area (Å²) in [5.74, 6) is -2.84. The van der Waals surface area contributed by atoms with E-state index in [1.54, 1.807) is 27.7 Å². The molecule has 11 heteroatoms. The van der Waals surface area contributed by atoms with E-state index >= 15 is 0 Å². The third-order valence-electron chi connectivity index (χ3n) is 3.42. The largest absolute Gasteiger partial charge is 0.481 e. The van der Waals surface area contributed by atoms with Crippen LogP contribution in [-0.2, 0) is 14.4 Å². The van der Waals surface area contributed by atoms with Gasteiger partial charge in [-0.25, -0.2) is 9.59 Å². The number of aliphatic hydroxyl groups is 5. The van der Waals surface area contributed by atoms with Crippen LogP contribution in [0.2, 0.25) is 0 Å². The highest BCUT2D eigenvalue weighted by atomic mass is 16.4. The Morgan fingerprint density at radius 2 is 0.735 bits per heavy atom. The van der Waals surface area contributed by atoms with Crippen molar-refractivity contribution in [1.82, 2.24) is 0 Å². The zero-order valence-corrected chi connectivity index (χ0v) is 21.8. The summed E-state index contributed by atoms with van der Waals surface area (Å²) in [7, 11) is 0. The molecular formula is C23H46O11. The average Bonchev–Trinajstić information content (AvgIpc) is 2.75. The Bertz CT molecular complexity index is 530. The van der Waals surface area contributed by atoms with Gasteiger partial charge in [-0.3, -0.25) is 4.79 Å². The Hall–Kier alpha value is -2.31. The summed E-state index contributed by atoms with van der Waals surface area (Å²) in [5.41, 5.74) is -1.25. The van der Waals surface area contributed by atoms with Crippen LogP contribution in [0.1, 0.15) is 55.4 Å². The molecule has 0 heterocycles. The number of hydrogen-bond acceptors (Lipinski definition) is 8. The summed E-state index contributed by atoms with van der Waals surface area (Å²) in [6.07, 6.45) is 0. The van der Waals surface area contributed by atoms with Crippen LogP contribution in [0.25, 0.3) is 0 Å². The molecule has 0 aliphatic heterocycles. The van der Waals surface area contributed by atoms with Gasteiger partial charge >= 0.3 is 17.9 Å². The van der Waals surface area contributed by atoms with Crippen LogP contribution in [0.5, 0.6) is 0 Å². The molecule has 0 rings (SSSR count). The molecule has 0 amide bonds. The first kappa shape index (κ1) is 41.9. The highest BCUT2D eigenvalue weighted by Crippen LogP contribution is 2.12. The predicted molar refractivity (Wildman–Crippen MR) is 129 cm³/mol. The third-order valence-corrected chi connectivity index (χ3v) is 3.42. The normalized spacial score (nSPS) is 10.3. The van der Waals surface area contributed by atoms with Crippen LogP contribution < -0.4 is 0 Å². The minimum Gasteiger partial charge on any atom is -0.481 e. The standard InChI is InChI=1S/C5H10O3.2C5H12O2.2C4H6O2/c1-5(2,3-6)4(7)8;2*1-5(2,3-6)4-7;2*1-3(2)4(5)6/h6H,3H2,1-2H3,(H,7,8);2*6-7H,3-4H2,1-2H3;2*1H2,2H3,(H,5,6). The van der Waals surface area contributed by atoms with Crippen molar-refractivity contribution in [1.29, 1.82) is 0 Å². The lowest BCUT2D eigenvalue weighted by Crippen LogP contribution is -2.27. The van der Waals surface area contributed by atoms with E-state index in [1.165, 1.54) is 27.7 Å². The van der Waals surface area contributed by atoms with Crippen LogP contribution in [0, 0.1) is 16.2 Å². The SMILES string of the molecule is C=C(C)C(=O)O.C=C(C)C(=O)O.CC(C)(CO)C(=O)O.CC(C)(CO)CO.CC(C)(CO)CO. The van der Waals surface area contributed by atoms with E-state index in [-0.39, 0.29) is 55.0 Å². The van der Waals surface area contributed by atoms with E-state index in [9.17, 15) is 14.4 Å². The van der Waals surface area contributed by atoms with Crippen LogP contribution in [-0.4, -0.2) is 91.8 Å². The zero-order valence-electron chi connectivity index (χ0n) is 21.8. The summed E-state index contributed by atoms with van der Waals surface area (Å²) < 4.78 is 0. The highest BCUT2D eigenvalue weighted by Gasteiger charge is 2.25. The van der Waals surface area contributed by atoms with Gasteiger partial charge in [0.1, 0.15) is 0 Å². The molecule has 11 nitrogen and oxygen atoms in total. The summed E-state index contributed by atoms with van der Waals surface area (Å²) in [5, 5.41) is 66.2. The Labute approximate surface area is 202 Å². The number of carboxylic acid groups (broad SMARTS) is 3. The zero-order chi connectivity index (χ0) is 28.9. The van der Waals surface area contributed by atoms with E-state index in [1.807, 2.05) is 0 Å². The van der Waals surface area contributed by atoms with E-state index in [0.717, 1.165) is 0 Å². The highest BCUT2D eigenvalue weighted by molar-refractivity contribution is 5.85. The van der Waals surface area contributed by atoms with E-state index in [4.69, 9.17) is 40.9 Å². The van der Waals surface area contributed by atoms with Gasteiger partial charge in [-0.2, -0.15) is 0 Å². The van der Waals surface area contributed by atoms with Crippen molar-refractivity contribution in [2.24, 2.45) is 16.2 Å². The number of aliphatic hydroxyl groups excluding tert-OH is 5. The smallest absolute Gasteiger partial charge is 0.330 e. The quantitative estimate of drug-likeness (QED) is 0.224. The molecule has 34 heavy (non-hydrogen) atoms. The molecule has 0 aromatic heterocycles. The Balaban J connectivity index is -0.000000104. The molecule has 0 aliphatic rings. The maximum atomic E-state index is 10.1. The van der Waals surface area contributed by atoms with Gasteiger partial charge < -0.3 is 40.9 Å². The molecule has 204 valence electrons. The van der Waals surface area contributed by atoms with Gasteiger partial charge in [0.05, 0.1) is 38.4 Å². The fourth-order valence-corrected chi connectivity index (χ4v) is 0.168. The van der Waals surface area contributed by atoms with Crippen molar-refractivity contribution >= 4 is 17.9 Å². The number of hydrogen-bond donors (Lipinski definition) is 8. The van der Waals surface area contributed by atoms with Crippen molar-refractivity contribution in [2.45, 2.75) is 55.4 Å². The van der Waals surface area contributed by atoms with E-state index < -0.39 is 23.3 Å². The minimum atomic E-state index is -0.986. The molecule has 0 saturated carbocycles. The van der Waals surface area contributed by atoms with Gasteiger partial charge in [0.2, 0.25) is 0 Å². The molecule has 0 unspecified atom stereocenters.